The summed E-state index contributed by atoms with van der Waals surface area (Å²) in [5, 5.41) is 14.5. The highest BCUT2D eigenvalue weighted by atomic mass is 79.9. The molecule has 1 unspecified atom stereocenters. The summed E-state index contributed by atoms with van der Waals surface area (Å²) in [6.45, 7) is 8.21. The maximum atomic E-state index is 10.1. The van der Waals surface area contributed by atoms with Gasteiger partial charge in [0.2, 0.25) is 0 Å². The smallest absolute Gasteiger partial charge is 0.0766 e. The molecule has 3 nitrogen and oxygen atoms in total. The van der Waals surface area contributed by atoms with Crippen molar-refractivity contribution in [2.75, 3.05) is 0 Å². The van der Waals surface area contributed by atoms with Gasteiger partial charge in [-0.2, -0.15) is 5.10 Å². The molecule has 1 aromatic rings. The topological polar surface area (TPSA) is 38.0 Å². The molecule has 0 saturated carbocycles. The minimum absolute atomic E-state index is 0.101. The molecule has 0 saturated heterocycles. The Bertz CT molecular complexity index is 366. The summed E-state index contributed by atoms with van der Waals surface area (Å²) in [5.74, 6) is 0. The van der Waals surface area contributed by atoms with Crippen LogP contribution in [0, 0.1) is 5.41 Å². The first-order valence-electron chi connectivity index (χ1n) is 5.65. The van der Waals surface area contributed by atoms with Crippen molar-refractivity contribution in [2.45, 2.75) is 46.6 Å². The van der Waals surface area contributed by atoms with Crippen molar-refractivity contribution in [1.29, 1.82) is 0 Å². The lowest BCUT2D eigenvalue weighted by Crippen LogP contribution is -2.29. The zero-order chi connectivity index (χ0) is 12.5. The van der Waals surface area contributed by atoms with Crippen LogP contribution in [-0.4, -0.2) is 21.0 Å². The van der Waals surface area contributed by atoms with Gasteiger partial charge in [0, 0.05) is 13.5 Å². The molecule has 0 aliphatic heterocycles. The normalized spacial score (nSPS) is 14.2. The highest BCUT2D eigenvalue weighted by molar-refractivity contribution is 9.10. The van der Waals surface area contributed by atoms with Crippen LogP contribution < -0.4 is 0 Å². The van der Waals surface area contributed by atoms with Crippen LogP contribution in [0.15, 0.2) is 4.47 Å². The average molecular weight is 289 g/mol. The lowest BCUT2D eigenvalue weighted by molar-refractivity contribution is 0.0618. The molecule has 0 spiro atoms. The molecule has 0 aliphatic carbocycles. The van der Waals surface area contributed by atoms with Gasteiger partial charge in [-0.3, -0.25) is 4.68 Å². The summed E-state index contributed by atoms with van der Waals surface area (Å²) < 4.78 is 2.90. The van der Waals surface area contributed by atoms with Crippen LogP contribution in [0.25, 0.3) is 0 Å². The minimum atomic E-state index is -0.357. The van der Waals surface area contributed by atoms with Crippen LogP contribution in [0.4, 0.5) is 0 Å². The molecule has 0 aromatic carbocycles. The van der Waals surface area contributed by atoms with Crippen molar-refractivity contribution >= 4 is 15.9 Å². The Kier molecular flexibility index (Phi) is 4.18. The molecule has 1 aromatic heterocycles. The van der Waals surface area contributed by atoms with Crippen LogP contribution >= 0.6 is 15.9 Å². The lowest BCUT2D eigenvalue weighted by Gasteiger charge is -2.25. The van der Waals surface area contributed by atoms with E-state index in [9.17, 15) is 5.11 Å². The molecular formula is C12H21BrN2O. The summed E-state index contributed by atoms with van der Waals surface area (Å²) in [6, 6.07) is 0. The fraction of sp³-hybridized carbons (Fsp3) is 0.750. The van der Waals surface area contributed by atoms with Crippen molar-refractivity contribution in [3.05, 3.63) is 15.9 Å². The SMILES string of the molecule is CCc1nn(C)c(CC(O)C(C)(C)C)c1Br. The number of aliphatic hydroxyl groups excluding tert-OH is 1. The molecule has 1 heterocycles. The van der Waals surface area contributed by atoms with E-state index in [1.165, 1.54) is 0 Å². The third-order valence-electron chi connectivity index (χ3n) is 2.89. The monoisotopic (exact) mass is 288 g/mol. The van der Waals surface area contributed by atoms with Crippen LogP contribution in [0.1, 0.15) is 39.1 Å². The zero-order valence-corrected chi connectivity index (χ0v) is 12.3. The second-order valence-electron chi connectivity index (χ2n) is 5.27. The summed E-state index contributed by atoms with van der Waals surface area (Å²) in [6.07, 6.45) is 1.18. The van der Waals surface area contributed by atoms with Crippen molar-refractivity contribution in [2.24, 2.45) is 12.5 Å². The van der Waals surface area contributed by atoms with Crippen molar-refractivity contribution in [1.82, 2.24) is 9.78 Å². The van der Waals surface area contributed by atoms with E-state index in [0.717, 1.165) is 22.3 Å². The fourth-order valence-electron chi connectivity index (χ4n) is 1.53. The molecule has 1 rings (SSSR count). The summed E-state index contributed by atoms with van der Waals surface area (Å²) in [4.78, 5) is 0. The lowest BCUT2D eigenvalue weighted by atomic mass is 9.86. The molecule has 4 heteroatoms. The maximum absolute atomic E-state index is 10.1. The molecule has 0 amide bonds. The molecule has 0 radical (unpaired) electrons. The molecule has 16 heavy (non-hydrogen) atoms. The van der Waals surface area contributed by atoms with Crippen molar-refractivity contribution in [3.63, 3.8) is 0 Å². The third-order valence-corrected chi connectivity index (χ3v) is 3.80. The zero-order valence-electron chi connectivity index (χ0n) is 10.7. The second-order valence-corrected chi connectivity index (χ2v) is 6.06. The van der Waals surface area contributed by atoms with Gasteiger partial charge in [0.15, 0.2) is 0 Å². The van der Waals surface area contributed by atoms with E-state index < -0.39 is 0 Å². The largest absolute Gasteiger partial charge is 0.392 e. The highest BCUT2D eigenvalue weighted by Crippen LogP contribution is 2.27. The quantitative estimate of drug-likeness (QED) is 0.929. The van der Waals surface area contributed by atoms with Crippen molar-refractivity contribution in [3.8, 4) is 0 Å². The van der Waals surface area contributed by atoms with Gasteiger partial charge in [-0.05, 0) is 27.8 Å². The number of halogens is 1. The number of aliphatic hydroxyl groups is 1. The van der Waals surface area contributed by atoms with Gasteiger partial charge in [0.25, 0.3) is 0 Å². The van der Waals surface area contributed by atoms with Crippen LogP contribution in [-0.2, 0) is 19.9 Å². The number of hydrogen-bond donors (Lipinski definition) is 1. The molecule has 92 valence electrons. The first-order chi connectivity index (χ1) is 7.27. The van der Waals surface area contributed by atoms with Gasteiger partial charge in [0.05, 0.1) is 22.0 Å². The van der Waals surface area contributed by atoms with Gasteiger partial charge in [-0.15, -0.1) is 0 Å². The maximum Gasteiger partial charge on any atom is 0.0766 e. The summed E-state index contributed by atoms with van der Waals surface area (Å²) in [7, 11) is 1.93. The number of hydrogen-bond acceptors (Lipinski definition) is 2. The van der Waals surface area contributed by atoms with E-state index in [-0.39, 0.29) is 11.5 Å². The summed E-state index contributed by atoms with van der Waals surface area (Å²) in [5.41, 5.74) is 2.02. The van der Waals surface area contributed by atoms with Gasteiger partial charge >= 0.3 is 0 Å². The Hall–Kier alpha value is -0.350. The Balaban J connectivity index is 2.93. The number of nitrogens with zero attached hydrogens (tertiary/aromatic N) is 2. The standard InChI is InChI=1S/C12H21BrN2O/c1-6-8-11(13)9(15(5)14-8)7-10(16)12(2,3)4/h10,16H,6-7H2,1-5H3. The number of aromatic nitrogens is 2. The molecule has 1 atom stereocenters. The molecule has 0 aliphatic rings. The second kappa shape index (κ2) is 4.88. The van der Waals surface area contributed by atoms with Gasteiger partial charge in [-0.1, -0.05) is 27.7 Å². The number of aryl methyl sites for hydroxylation is 2. The predicted molar refractivity (Wildman–Crippen MR) is 69.5 cm³/mol. The Morgan fingerprint density at radius 1 is 1.44 bits per heavy atom. The van der Waals surface area contributed by atoms with E-state index in [1.54, 1.807) is 0 Å². The fourth-order valence-corrected chi connectivity index (χ4v) is 2.31. The van der Waals surface area contributed by atoms with Crippen LogP contribution in [0.2, 0.25) is 0 Å². The van der Waals surface area contributed by atoms with Gasteiger partial charge in [-0.25, -0.2) is 0 Å². The van der Waals surface area contributed by atoms with E-state index in [4.69, 9.17) is 0 Å². The molecular weight excluding hydrogens is 268 g/mol. The molecule has 1 N–H and O–H groups in total. The van der Waals surface area contributed by atoms with Crippen molar-refractivity contribution < 1.29 is 5.11 Å². The Labute approximate surface area is 106 Å². The average Bonchev–Trinajstić information content (AvgIpc) is 2.43. The van der Waals surface area contributed by atoms with Gasteiger partial charge in [0.1, 0.15) is 0 Å². The minimum Gasteiger partial charge on any atom is -0.392 e. The first kappa shape index (κ1) is 13.7. The van der Waals surface area contributed by atoms with E-state index in [2.05, 4.69) is 28.0 Å². The van der Waals surface area contributed by atoms with E-state index in [1.807, 2.05) is 32.5 Å². The van der Waals surface area contributed by atoms with Crippen LogP contribution in [0.3, 0.4) is 0 Å². The van der Waals surface area contributed by atoms with Crippen LogP contribution in [0.5, 0.6) is 0 Å². The predicted octanol–water partition coefficient (Wildman–Crippen LogP) is 2.69. The first-order valence-corrected chi connectivity index (χ1v) is 6.45. The highest BCUT2D eigenvalue weighted by Gasteiger charge is 2.25. The third kappa shape index (κ3) is 2.86. The van der Waals surface area contributed by atoms with E-state index >= 15 is 0 Å². The number of rotatable bonds is 3. The van der Waals surface area contributed by atoms with Gasteiger partial charge < -0.3 is 5.11 Å². The molecule has 0 fully saturated rings. The Morgan fingerprint density at radius 2 is 2.00 bits per heavy atom. The summed E-state index contributed by atoms with van der Waals surface area (Å²) >= 11 is 3.56. The Morgan fingerprint density at radius 3 is 2.38 bits per heavy atom. The molecule has 0 bridgehead atoms. The van der Waals surface area contributed by atoms with E-state index in [0.29, 0.717) is 6.42 Å².